The first-order valence-corrected chi connectivity index (χ1v) is 6.95. The van der Waals surface area contributed by atoms with E-state index in [4.69, 9.17) is 4.74 Å². The summed E-state index contributed by atoms with van der Waals surface area (Å²) in [6.45, 7) is 2.49. The van der Waals surface area contributed by atoms with Gasteiger partial charge >= 0.3 is 18.5 Å². The molecule has 25 heavy (non-hydrogen) atoms. The van der Waals surface area contributed by atoms with Gasteiger partial charge in [-0.05, 0) is 37.6 Å². The smallest absolute Gasteiger partial charge is 0.475 e. The van der Waals surface area contributed by atoms with Crippen LogP contribution in [0.3, 0.4) is 0 Å². The van der Waals surface area contributed by atoms with Crippen molar-refractivity contribution in [3.05, 3.63) is 28.8 Å². The Morgan fingerprint density at radius 3 is 2.36 bits per heavy atom. The molecule has 0 aliphatic carbocycles. The summed E-state index contributed by atoms with van der Waals surface area (Å²) in [5, 5.41) is 0. The molecule has 0 saturated heterocycles. The van der Waals surface area contributed by atoms with Crippen LogP contribution in [0, 0.1) is 6.92 Å². The van der Waals surface area contributed by atoms with Crippen LogP contribution < -0.4 is 9.47 Å². The van der Waals surface area contributed by atoms with E-state index in [1.165, 1.54) is 13.8 Å². The van der Waals surface area contributed by atoms with Crippen LogP contribution >= 0.6 is 0 Å². The number of fused-ring (bicyclic) bond motifs is 1. The van der Waals surface area contributed by atoms with Crippen molar-refractivity contribution in [3.8, 4) is 11.5 Å². The molecule has 1 aromatic rings. The van der Waals surface area contributed by atoms with E-state index in [0.29, 0.717) is 0 Å². The van der Waals surface area contributed by atoms with Gasteiger partial charge in [-0.15, -0.1) is 13.2 Å². The Morgan fingerprint density at radius 2 is 1.84 bits per heavy atom. The Morgan fingerprint density at radius 1 is 1.20 bits per heavy atom. The maximum Gasteiger partial charge on any atom is 0.573 e. The molecule has 0 bridgehead atoms. The van der Waals surface area contributed by atoms with Crippen molar-refractivity contribution in [1.82, 2.24) is 0 Å². The number of halogens is 6. The largest absolute Gasteiger partial charge is 0.573 e. The molecule has 0 spiro atoms. The fourth-order valence-electron chi connectivity index (χ4n) is 2.28. The molecule has 0 N–H and O–H groups in total. The quantitative estimate of drug-likeness (QED) is 0.592. The average molecular weight is 370 g/mol. The van der Waals surface area contributed by atoms with Crippen LogP contribution in [0.1, 0.15) is 18.1 Å². The summed E-state index contributed by atoms with van der Waals surface area (Å²) in [7, 11) is 0. The lowest BCUT2D eigenvalue weighted by Crippen LogP contribution is -2.41. The van der Waals surface area contributed by atoms with E-state index >= 15 is 0 Å². The summed E-state index contributed by atoms with van der Waals surface area (Å²) in [5.74, 6) is -2.20. The summed E-state index contributed by atoms with van der Waals surface area (Å²) in [4.78, 5) is 11.8. The van der Waals surface area contributed by atoms with E-state index in [0.717, 1.165) is 18.2 Å². The van der Waals surface area contributed by atoms with Crippen LogP contribution in [0.25, 0.3) is 6.08 Å². The molecule has 0 fully saturated rings. The SMILES string of the molecule is CCOC(=O)C1=Cc2cc(OC(F)(F)F)cc(C)c2O[C@@H]1C(F)(F)F. The van der Waals surface area contributed by atoms with Crippen LogP contribution in [0.2, 0.25) is 0 Å². The monoisotopic (exact) mass is 370 g/mol. The third-order valence-electron chi connectivity index (χ3n) is 3.15. The van der Waals surface area contributed by atoms with E-state index in [9.17, 15) is 31.1 Å². The van der Waals surface area contributed by atoms with Gasteiger partial charge in [-0.3, -0.25) is 0 Å². The first-order valence-electron chi connectivity index (χ1n) is 6.95. The highest BCUT2D eigenvalue weighted by Crippen LogP contribution is 2.41. The number of esters is 1. The van der Waals surface area contributed by atoms with Gasteiger partial charge in [0, 0.05) is 5.56 Å². The summed E-state index contributed by atoms with van der Waals surface area (Å²) >= 11 is 0. The fourth-order valence-corrected chi connectivity index (χ4v) is 2.28. The van der Waals surface area contributed by atoms with Crippen LogP contribution in [0.4, 0.5) is 26.3 Å². The van der Waals surface area contributed by atoms with Crippen molar-refractivity contribution >= 4 is 12.0 Å². The zero-order valence-electron chi connectivity index (χ0n) is 12.9. The maximum atomic E-state index is 13.2. The van der Waals surface area contributed by atoms with Gasteiger partial charge in [0.05, 0.1) is 12.2 Å². The number of carbonyl (C=O) groups is 1. The molecule has 0 radical (unpaired) electrons. The minimum absolute atomic E-state index is 0.00911. The number of hydrogen-bond donors (Lipinski definition) is 0. The summed E-state index contributed by atoms with van der Waals surface area (Å²) < 4.78 is 89.7. The summed E-state index contributed by atoms with van der Waals surface area (Å²) in [6.07, 6.45) is -11.7. The van der Waals surface area contributed by atoms with Crippen LogP contribution in [0.15, 0.2) is 17.7 Å². The average Bonchev–Trinajstić information content (AvgIpc) is 2.43. The lowest BCUT2D eigenvalue weighted by molar-refractivity contribution is -0.274. The van der Waals surface area contributed by atoms with E-state index in [1.807, 2.05) is 0 Å². The van der Waals surface area contributed by atoms with E-state index in [2.05, 4.69) is 9.47 Å². The molecule has 1 aliphatic rings. The molecule has 0 amide bonds. The van der Waals surface area contributed by atoms with Crippen LogP contribution in [0.5, 0.6) is 11.5 Å². The highest BCUT2D eigenvalue weighted by Gasteiger charge is 2.49. The first kappa shape index (κ1) is 18.9. The van der Waals surface area contributed by atoms with Gasteiger partial charge in [0.15, 0.2) is 0 Å². The molecule has 0 aromatic heterocycles. The van der Waals surface area contributed by atoms with E-state index < -0.39 is 35.9 Å². The number of ether oxygens (including phenoxy) is 3. The zero-order valence-corrected chi connectivity index (χ0v) is 12.9. The van der Waals surface area contributed by atoms with Gasteiger partial charge in [0.25, 0.3) is 0 Å². The van der Waals surface area contributed by atoms with Crippen molar-refractivity contribution < 1.29 is 45.3 Å². The lowest BCUT2D eigenvalue weighted by atomic mass is 9.99. The second-order valence-electron chi connectivity index (χ2n) is 5.07. The molecule has 2 rings (SSSR count). The minimum atomic E-state index is -4.97. The predicted molar refractivity (Wildman–Crippen MR) is 72.9 cm³/mol. The zero-order chi connectivity index (χ0) is 19.0. The Bertz CT molecular complexity index is 705. The van der Waals surface area contributed by atoms with Gasteiger partial charge in [0.2, 0.25) is 6.10 Å². The Balaban J connectivity index is 2.53. The van der Waals surface area contributed by atoms with Crippen molar-refractivity contribution in [1.29, 1.82) is 0 Å². The second-order valence-corrected chi connectivity index (χ2v) is 5.07. The number of benzene rings is 1. The van der Waals surface area contributed by atoms with Crippen LogP contribution in [-0.4, -0.2) is 31.2 Å². The van der Waals surface area contributed by atoms with Gasteiger partial charge < -0.3 is 14.2 Å². The number of carbonyl (C=O) groups excluding carboxylic acids is 1. The van der Waals surface area contributed by atoms with Gasteiger partial charge in [-0.25, -0.2) is 4.79 Å². The highest BCUT2D eigenvalue weighted by atomic mass is 19.4. The van der Waals surface area contributed by atoms with Crippen molar-refractivity contribution in [2.45, 2.75) is 32.5 Å². The molecule has 4 nitrogen and oxygen atoms in total. The van der Waals surface area contributed by atoms with Crippen LogP contribution in [-0.2, 0) is 9.53 Å². The van der Waals surface area contributed by atoms with E-state index in [-0.39, 0.29) is 23.5 Å². The number of rotatable bonds is 3. The molecule has 138 valence electrons. The third kappa shape index (κ3) is 4.37. The minimum Gasteiger partial charge on any atom is -0.475 e. The molecular formula is C15H12F6O4. The normalized spacial score (nSPS) is 17.3. The Labute approximate surface area is 138 Å². The molecule has 0 unspecified atom stereocenters. The first-order chi connectivity index (χ1) is 11.4. The molecule has 1 atom stereocenters. The topological polar surface area (TPSA) is 44.8 Å². The standard InChI is InChI=1S/C15H12F6O4/c1-3-23-13(22)10-6-8-5-9(25-15(19,20)21)4-7(2)11(8)24-12(10)14(16,17)18/h4-6,12H,3H2,1-2H3/t12-/m0/s1. The number of alkyl halides is 6. The molecule has 10 heteroatoms. The second kappa shape index (κ2) is 6.49. The fraction of sp³-hybridized carbons (Fsp3) is 0.400. The van der Waals surface area contributed by atoms with Crippen molar-refractivity contribution in [2.75, 3.05) is 6.61 Å². The Kier molecular flexibility index (Phi) is 4.92. The van der Waals surface area contributed by atoms with Gasteiger partial charge in [0.1, 0.15) is 11.5 Å². The molecule has 1 aromatic carbocycles. The highest BCUT2D eigenvalue weighted by molar-refractivity contribution is 5.96. The van der Waals surface area contributed by atoms with Crippen molar-refractivity contribution in [3.63, 3.8) is 0 Å². The number of hydrogen-bond acceptors (Lipinski definition) is 4. The maximum absolute atomic E-state index is 13.2. The molecule has 1 heterocycles. The number of aryl methyl sites for hydroxylation is 1. The van der Waals surface area contributed by atoms with Crippen molar-refractivity contribution in [2.24, 2.45) is 0 Å². The molecule has 0 saturated carbocycles. The van der Waals surface area contributed by atoms with E-state index in [1.54, 1.807) is 0 Å². The predicted octanol–water partition coefficient (Wildman–Crippen LogP) is 4.16. The molecule has 1 aliphatic heterocycles. The summed E-state index contributed by atoms with van der Waals surface area (Å²) in [5.41, 5.74) is -1.02. The third-order valence-corrected chi connectivity index (χ3v) is 3.15. The molecular weight excluding hydrogens is 358 g/mol. The Hall–Kier alpha value is -2.39. The summed E-state index contributed by atoms with van der Waals surface area (Å²) in [6, 6.07) is 1.73. The van der Waals surface area contributed by atoms with Gasteiger partial charge in [-0.1, -0.05) is 0 Å². The lowest BCUT2D eigenvalue weighted by Gasteiger charge is -2.29. The van der Waals surface area contributed by atoms with Gasteiger partial charge in [-0.2, -0.15) is 13.2 Å².